The number of hydrogen-bond donors (Lipinski definition) is 3. The number of benzene rings is 2. The van der Waals surface area contributed by atoms with Crippen LogP contribution in [0.1, 0.15) is 28.2 Å². The van der Waals surface area contributed by atoms with Gasteiger partial charge in [-0.05, 0) is 36.4 Å². The average Bonchev–Trinajstić information content (AvgIpc) is 3.14. The third-order valence-electron chi connectivity index (χ3n) is 4.07. The van der Waals surface area contributed by atoms with Gasteiger partial charge < -0.3 is 20.1 Å². The van der Waals surface area contributed by atoms with Crippen LogP contribution in [0.5, 0.6) is 5.75 Å². The molecule has 2 aromatic carbocycles. The largest absolute Gasteiger partial charge is 0.491 e. The maximum Gasteiger partial charge on any atom is 0.416 e. The van der Waals surface area contributed by atoms with Crippen LogP contribution in [0, 0.1) is 0 Å². The lowest BCUT2D eigenvalue weighted by Crippen LogP contribution is -2.35. The number of nitrogens with one attached hydrogen (secondary N) is 2. The standard InChI is InChI=1S/C19H16F5N3O3/c20-16(21)17-26-14-5-4-10(6-15(14)27-17)18(29)25-8-12(28)9-30-13-3-1-2-11(7-13)19(22,23)24/h1-7,12,16,28H,8-9H2,(H,25,29)(H,26,27). The smallest absolute Gasteiger partial charge is 0.416 e. The van der Waals surface area contributed by atoms with Gasteiger partial charge in [-0.1, -0.05) is 6.07 Å². The van der Waals surface area contributed by atoms with E-state index in [2.05, 4.69) is 15.3 Å². The van der Waals surface area contributed by atoms with Gasteiger partial charge in [0.1, 0.15) is 18.5 Å². The normalized spacial score (nSPS) is 12.9. The fourth-order valence-electron chi connectivity index (χ4n) is 2.60. The summed E-state index contributed by atoms with van der Waals surface area (Å²) in [5.41, 5.74) is -0.201. The van der Waals surface area contributed by atoms with Crippen molar-refractivity contribution in [1.82, 2.24) is 15.3 Å². The van der Waals surface area contributed by atoms with E-state index >= 15 is 0 Å². The van der Waals surface area contributed by atoms with Crippen LogP contribution < -0.4 is 10.1 Å². The van der Waals surface area contributed by atoms with Crippen molar-refractivity contribution in [2.45, 2.75) is 18.7 Å². The summed E-state index contributed by atoms with van der Waals surface area (Å²) in [7, 11) is 0. The molecule has 0 saturated carbocycles. The predicted molar refractivity (Wildman–Crippen MR) is 96.3 cm³/mol. The zero-order valence-electron chi connectivity index (χ0n) is 15.2. The number of imidazole rings is 1. The van der Waals surface area contributed by atoms with Gasteiger partial charge in [0.25, 0.3) is 12.3 Å². The van der Waals surface area contributed by atoms with Gasteiger partial charge in [0.15, 0.2) is 5.82 Å². The molecule has 1 atom stereocenters. The van der Waals surface area contributed by atoms with Crippen molar-refractivity contribution >= 4 is 16.9 Å². The van der Waals surface area contributed by atoms with E-state index in [0.29, 0.717) is 0 Å². The first-order valence-corrected chi connectivity index (χ1v) is 8.67. The van der Waals surface area contributed by atoms with E-state index in [1.165, 1.54) is 30.3 Å². The molecule has 0 aliphatic heterocycles. The van der Waals surface area contributed by atoms with Crippen LogP contribution in [0.15, 0.2) is 42.5 Å². The number of alkyl halides is 5. The monoisotopic (exact) mass is 429 g/mol. The molecule has 1 amide bonds. The Balaban J connectivity index is 1.54. The van der Waals surface area contributed by atoms with E-state index in [-0.39, 0.29) is 35.5 Å². The summed E-state index contributed by atoms with van der Waals surface area (Å²) in [5.74, 6) is -1.16. The Labute approximate surface area is 166 Å². The van der Waals surface area contributed by atoms with E-state index in [1.807, 2.05) is 0 Å². The third kappa shape index (κ3) is 5.23. The lowest BCUT2D eigenvalue weighted by molar-refractivity contribution is -0.137. The number of H-pyrrole nitrogens is 1. The minimum absolute atomic E-state index is 0.0743. The zero-order chi connectivity index (χ0) is 21.9. The predicted octanol–water partition coefficient (Wildman–Crippen LogP) is 3.69. The Morgan fingerprint density at radius 3 is 2.67 bits per heavy atom. The molecule has 1 aromatic heterocycles. The van der Waals surface area contributed by atoms with Crippen molar-refractivity contribution < 1.29 is 36.6 Å². The minimum Gasteiger partial charge on any atom is -0.491 e. The van der Waals surface area contributed by atoms with Crippen molar-refractivity contribution in [3.8, 4) is 5.75 Å². The second kappa shape index (κ2) is 8.66. The molecule has 0 saturated heterocycles. The topological polar surface area (TPSA) is 87.2 Å². The van der Waals surface area contributed by atoms with Crippen molar-refractivity contribution in [1.29, 1.82) is 0 Å². The van der Waals surface area contributed by atoms with Crippen LogP contribution in [0.2, 0.25) is 0 Å². The molecule has 0 fully saturated rings. The molecule has 1 heterocycles. The highest BCUT2D eigenvalue weighted by atomic mass is 19.4. The summed E-state index contributed by atoms with van der Waals surface area (Å²) in [5, 5.41) is 12.3. The molecule has 11 heteroatoms. The van der Waals surface area contributed by atoms with E-state index in [9.17, 15) is 31.9 Å². The second-order valence-electron chi connectivity index (χ2n) is 6.36. The van der Waals surface area contributed by atoms with Crippen molar-refractivity contribution in [2.75, 3.05) is 13.2 Å². The first-order valence-electron chi connectivity index (χ1n) is 8.67. The van der Waals surface area contributed by atoms with Gasteiger partial charge in [0.05, 0.1) is 16.6 Å². The molecule has 0 radical (unpaired) electrons. The quantitative estimate of drug-likeness (QED) is 0.500. The van der Waals surface area contributed by atoms with Gasteiger partial charge in [0, 0.05) is 12.1 Å². The fourth-order valence-corrected chi connectivity index (χ4v) is 2.60. The number of hydrogen-bond acceptors (Lipinski definition) is 4. The number of halogens is 5. The number of ether oxygens (including phenoxy) is 1. The number of carbonyl (C=O) groups excluding carboxylic acids is 1. The SMILES string of the molecule is O=C(NCC(O)COc1cccc(C(F)(F)F)c1)c1ccc2nc(C(F)F)[nH]c2c1. The molecule has 3 rings (SSSR count). The van der Waals surface area contributed by atoms with Gasteiger partial charge in [-0.2, -0.15) is 13.2 Å². The Bertz CT molecular complexity index is 1040. The Morgan fingerprint density at radius 1 is 1.20 bits per heavy atom. The molecule has 0 bridgehead atoms. The van der Waals surface area contributed by atoms with Gasteiger partial charge in [-0.15, -0.1) is 0 Å². The highest BCUT2D eigenvalue weighted by molar-refractivity contribution is 5.97. The van der Waals surface area contributed by atoms with Crippen LogP contribution in [0.25, 0.3) is 11.0 Å². The second-order valence-corrected chi connectivity index (χ2v) is 6.36. The molecule has 6 nitrogen and oxygen atoms in total. The lowest BCUT2D eigenvalue weighted by Gasteiger charge is -2.14. The highest BCUT2D eigenvalue weighted by Crippen LogP contribution is 2.31. The van der Waals surface area contributed by atoms with Gasteiger partial charge in [0.2, 0.25) is 0 Å². The molecule has 0 spiro atoms. The number of aromatic amines is 1. The Hall–Kier alpha value is -3.21. The lowest BCUT2D eigenvalue weighted by atomic mass is 10.2. The van der Waals surface area contributed by atoms with Crippen LogP contribution in [-0.2, 0) is 6.18 Å². The average molecular weight is 429 g/mol. The van der Waals surface area contributed by atoms with Crippen LogP contribution in [0.3, 0.4) is 0 Å². The summed E-state index contributed by atoms with van der Waals surface area (Å²) in [6, 6.07) is 8.32. The number of rotatable bonds is 7. The summed E-state index contributed by atoms with van der Waals surface area (Å²) in [6.45, 7) is -0.583. The zero-order valence-corrected chi connectivity index (χ0v) is 15.2. The highest BCUT2D eigenvalue weighted by Gasteiger charge is 2.30. The Morgan fingerprint density at radius 2 is 1.97 bits per heavy atom. The first kappa shape index (κ1) is 21.5. The van der Waals surface area contributed by atoms with E-state index in [0.717, 1.165) is 12.1 Å². The molecule has 0 aliphatic carbocycles. The number of aliphatic hydroxyl groups is 1. The number of nitrogens with zero attached hydrogens (tertiary/aromatic N) is 1. The third-order valence-corrected chi connectivity index (χ3v) is 4.07. The summed E-state index contributed by atoms with van der Waals surface area (Å²) in [4.78, 5) is 18.3. The van der Waals surface area contributed by atoms with Crippen LogP contribution >= 0.6 is 0 Å². The first-order chi connectivity index (χ1) is 14.1. The van der Waals surface area contributed by atoms with Gasteiger partial charge in [-0.3, -0.25) is 4.79 Å². The van der Waals surface area contributed by atoms with E-state index in [1.54, 1.807) is 0 Å². The number of carbonyl (C=O) groups is 1. The minimum atomic E-state index is -4.52. The number of aromatic nitrogens is 2. The summed E-state index contributed by atoms with van der Waals surface area (Å²) >= 11 is 0. The molecule has 3 aromatic rings. The number of aliphatic hydroxyl groups excluding tert-OH is 1. The molecule has 30 heavy (non-hydrogen) atoms. The van der Waals surface area contributed by atoms with Gasteiger partial charge in [-0.25, -0.2) is 13.8 Å². The maximum absolute atomic E-state index is 12.7. The number of fused-ring (bicyclic) bond motifs is 1. The summed E-state index contributed by atoms with van der Waals surface area (Å²) in [6.07, 6.45) is -8.48. The molecular formula is C19H16F5N3O3. The van der Waals surface area contributed by atoms with Gasteiger partial charge >= 0.3 is 6.18 Å². The Kier molecular flexibility index (Phi) is 6.20. The molecular weight excluding hydrogens is 413 g/mol. The van der Waals surface area contributed by atoms with Crippen LogP contribution in [0.4, 0.5) is 22.0 Å². The summed E-state index contributed by atoms with van der Waals surface area (Å²) < 4.78 is 68.5. The van der Waals surface area contributed by atoms with E-state index < -0.39 is 36.0 Å². The van der Waals surface area contributed by atoms with Crippen molar-refractivity contribution in [3.05, 3.63) is 59.4 Å². The maximum atomic E-state index is 12.7. The molecule has 0 aliphatic rings. The van der Waals surface area contributed by atoms with Crippen molar-refractivity contribution in [2.24, 2.45) is 0 Å². The fraction of sp³-hybridized carbons (Fsp3) is 0.263. The van der Waals surface area contributed by atoms with Crippen LogP contribution in [-0.4, -0.2) is 40.2 Å². The van der Waals surface area contributed by atoms with E-state index in [4.69, 9.17) is 4.74 Å². The number of amides is 1. The molecule has 1 unspecified atom stereocenters. The van der Waals surface area contributed by atoms with Crippen molar-refractivity contribution in [3.63, 3.8) is 0 Å². The molecule has 160 valence electrons. The molecule has 3 N–H and O–H groups in total.